The average Bonchev–Trinajstić information content (AvgIpc) is 3.24. The number of rotatable bonds is 4. The summed E-state index contributed by atoms with van der Waals surface area (Å²) >= 11 is 0.855. The number of carbonyl (C=O) groups excluding carboxylic acids is 2. The molecular weight excluding hydrogens is 380 g/mol. The van der Waals surface area contributed by atoms with Gasteiger partial charge >= 0.3 is 5.00 Å². The van der Waals surface area contributed by atoms with Crippen LogP contribution in [0.5, 0.6) is 0 Å². The first-order chi connectivity index (χ1) is 12.0. The van der Waals surface area contributed by atoms with E-state index in [1.807, 2.05) is 0 Å². The van der Waals surface area contributed by atoms with Crippen molar-refractivity contribution in [3.63, 3.8) is 0 Å². The maximum Gasteiger partial charge on any atom is 0.324 e. The van der Waals surface area contributed by atoms with Crippen LogP contribution < -0.4 is 10.6 Å². The summed E-state index contributed by atoms with van der Waals surface area (Å²) in [5.41, 5.74) is 0. The highest BCUT2D eigenvalue weighted by molar-refractivity contribution is 7.17. The summed E-state index contributed by atoms with van der Waals surface area (Å²) in [5, 5.41) is 17.2. The van der Waals surface area contributed by atoms with Crippen LogP contribution in [0.1, 0.15) is 42.3 Å². The van der Waals surface area contributed by atoms with Gasteiger partial charge in [0.2, 0.25) is 5.91 Å². The first kappa shape index (κ1) is 20.6. The molecule has 8 nitrogen and oxygen atoms in total. The van der Waals surface area contributed by atoms with Crippen LogP contribution in [-0.4, -0.2) is 52.9 Å². The number of nitrogens with one attached hydrogen (secondary N) is 2. The standard InChI is InChI=1S/C16H22N4O4S.ClH/c1-10-9-11(6-7-17-10)18-15(21)12-3-2-8-19(12)16(22)13-4-5-14(25-13)20(23)24;/h4-5,10-12,17H,2-3,6-9H2,1H3,(H,18,21);1H. The monoisotopic (exact) mass is 402 g/mol. The number of piperidine rings is 1. The third-order valence-corrected chi connectivity index (χ3v) is 5.79. The van der Waals surface area contributed by atoms with E-state index in [0.717, 1.165) is 37.1 Å². The third-order valence-electron chi connectivity index (χ3n) is 4.77. The quantitative estimate of drug-likeness (QED) is 0.591. The van der Waals surface area contributed by atoms with Crippen LogP contribution in [0.3, 0.4) is 0 Å². The third kappa shape index (κ3) is 4.52. The van der Waals surface area contributed by atoms with Gasteiger partial charge in [0.15, 0.2) is 0 Å². The topological polar surface area (TPSA) is 105 Å². The van der Waals surface area contributed by atoms with Crippen molar-refractivity contribution in [1.29, 1.82) is 0 Å². The molecule has 3 atom stereocenters. The lowest BCUT2D eigenvalue weighted by atomic mass is 10.00. The fourth-order valence-electron chi connectivity index (χ4n) is 3.53. The molecule has 2 aliphatic rings. The fourth-order valence-corrected chi connectivity index (χ4v) is 4.30. The summed E-state index contributed by atoms with van der Waals surface area (Å²) in [7, 11) is 0. The van der Waals surface area contributed by atoms with Gasteiger partial charge < -0.3 is 15.5 Å². The van der Waals surface area contributed by atoms with Crippen molar-refractivity contribution in [2.24, 2.45) is 0 Å². The Bertz CT molecular complexity index is 683. The molecule has 0 radical (unpaired) electrons. The molecule has 2 amide bonds. The van der Waals surface area contributed by atoms with E-state index in [1.165, 1.54) is 12.1 Å². The van der Waals surface area contributed by atoms with E-state index in [1.54, 1.807) is 4.90 Å². The van der Waals surface area contributed by atoms with Crippen LogP contribution in [0.4, 0.5) is 5.00 Å². The maximum atomic E-state index is 12.7. The second-order valence-corrected chi connectivity index (χ2v) is 7.70. The van der Waals surface area contributed by atoms with Gasteiger partial charge in [0.05, 0.1) is 9.80 Å². The van der Waals surface area contributed by atoms with E-state index in [4.69, 9.17) is 0 Å². The van der Waals surface area contributed by atoms with Crippen LogP contribution in [0.2, 0.25) is 0 Å². The van der Waals surface area contributed by atoms with Crippen LogP contribution in [-0.2, 0) is 4.79 Å². The Morgan fingerprint density at radius 1 is 1.38 bits per heavy atom. The largest absolute Gasteiger partial charge is 0.351 e. The summed E-state index contributed by atoms with van der Waals surface area (Å²) in [6.45, 7) is 3.47. The summed E-state index contributed by atoms with van der Waals surface area (Å²) in [6.07, 6.45) is 3.16. The van der Waals surface area contributed by atoms with Gasteiger partial charge in [-0.3, -0.25) is 19.7 Å². The zero-order valence-corrected chi connectivity index (χ0v) is 16.1. The molecule has 2 saturated heterocycles. The number of carbonyl (C=O) groups is 2. The Morgan fingerprint density at radius 2 is 2.15 bits per heavy atom. The van der Waals surface area contributed by atoms with Crippen molar-refractivity contribution < 1.29 is 14.5 Å². The SMILES string of the molecule is CC1CC(NC(=O)C2CCCN2C(=O)c2ccc([N+](=O)[O-])s2)CCN1.Cl. The minimum atomic E-state index is -0.506. The highest BCUT2D eigenvalue weighted by Gasteiger charge is 2.36. The minimum Gasteiger partial charge on any atom is -0.351 e. The van der Waals surface area contributed by atoms with E-state index < -0.39 is 11.0 Å². The number of hydrogen-bond acceptors (Lipinski definition) is 6. The average molecular weight is 403 g/mol. The number of nitro groups is 1. The van der Waals surface area contributed by atoms with Crippen molar-refractivity contribution in [3.8, 4) is 0 Å². The fraction of sp³-hybridized carbons (Fsp3) is 0.625. The molecule has 3 heterocycles. The van der Waals surface area contributed by atoms with E-state index in [0.29, 0.717) is 23.9 Å². The lowest BCUT2D eigenvalue weighted by Gasteiger charge is -2.31. The molecule has 2 fully saturated rings. The normalized spacial score (nSPS) is 25.4. The smallest absolute Gasteiger partial charge is 0.324 e. The van der Waals surface area contributed by atoms with Crippen LogP contribution in [0, 0.1) is 10.1 Å². The van der Waals surface area contributed by atoms with Crippen molar-refractivity contribution in [1.82, 2.24) is 15.5 Å². The summed E-state index contributed by atoms with van der Waals surface area (Å²) in [6, 6.07) is 2.81. The molecule has 3 rings (SSSR count). The molecule has 2 N–H and O–H groups in total. The number of amides is 2. The van der Waals surface area contributed by atoms with E-state index >= 15 is 0 Å². The van der Waals surface area contributed by atoms with Gasteiger partial charge in [0.1, 0.15) is 6.04 Å². The summed E-state index contributed by atoms with van der Waals surface area (Å²) in [5.74, 6) is -0.412. The molecule has 0 bridgehead atoms. The van der Waals surface area contributed by atoms with Crippen molar-refractivity contribution >= 4 is 40.6 Å². The Morgan fingerprint density at radius 3 is 2.81 bits per heavy atom. The first-order valence-corrected chi connectivity index (χ1v) is 9.36. The highest BCUT2D eigenvalue weighted by atomic mass is 35.5. The van der Waals surface area contributed by atoms with Crippen molar-refractivity contribution in [3.05, 3.63) is 27.1 Å². The van der Waals surface area contributed by atoms with Crippen molar-refractivity contribution in [2.45, 2.75) is 50.7 Å². The number of nitrogens with zero attached hydrogens (tertiary/aromatic N) is 2. The van der Waals surface area contributed by atoms with Gasteiger partial charge in [0, 0.05) is 24.7 Å². The Hall–Kier alpha value is -1.71. The van der Waals surface area contributed by atoms with E-state index in [-0.39, 0.29) is 35.3 Å². The molecule has 1 aromatic heterocycles. The van der Waals surface area contributed by atoms with Gasteiger partial charge in [0.25, 0.3) is 5.91 Å². The molecule has 0 aliphatic carbocycles. The highest BCUT2D eigenvalue weighted by Crippen LogP contribution is 2.28. The number of hydrogen-bond donors (Lipinski definition) is 2. The van der Waals surface area contributed by atoms with Gasteiger partial charge in [-0.25, -0.2) is 0 Å². The lowest BCUT2D eigenvalue weighted by Crippen LogP contribution is -2.52. The molecule has 1 aromatic rings. The summed E-state index contributed by atoms with van der Waals surface area (Å²) in [4.78, 5) is 37.5. The Labute approximate surface area is 161 Å². The van der Waals surface area contributed by atoms with Crippen LogP contribution in [0.25, 0.3) is 0 Å². The molecule has 0 saturated carbocycles. The lowest BCUT2D eigenvalue weighted by molar-refractivity contribution is -0.380. The van der Waals surface area contributed by atoms with Crippen LogP contribution >= 0.6 is 23.7 Å². The second kappa shape index (κ2) is 8.79. The van der Waals surface area contributed by atoms with E-state index in [9.17, 15) is 19.7 Å². The summed E-state index contributed by atoms with van der Waals surface area (Å²) < 4.78 is 0. The van der Waals surface area contributed by atoms with Crippen LogP contribution in [0.15, 0.2) is 12.1 Å². The molecule has 144 valence electrons. The molecule has 0 aromatic carbocycles. The Balaban J connectivity index is 0.00000243. The molecule has 2 aliphatic heterocycles. The number of halogens is 1. The van der Waals surface area contributed by atoms with Crippen molar-refractivity contribution in [2.75, 3.05) is 13.1 Å². The van der Waals surface area contributed by atoms with E-state index in [2.05, 4.69) is 17.6 Å². The second-order valence-electron chi connectivity index (χ2n) is 6.64. The molecule has 10 heteroatoms. The predicted molar refractivity (Wildman–Crippen MR) is 101 cm³/mol. The molecule has 0 spiro atoms. The van der Waals surface area contributed by atoms with Gasteiger partial charge in [-0.2, -0.15) is 0 Å². The Kier molecular flexibility index (Phi) is 6.96. The molecular formula is C16H23ClN4O4S. The maximum absolute atomic E-state index is 12.7. The number of thiophene rings is 1. The zero-order valence-electron chi connectivity index (χ0n) is 14.5. The first-order valence-electron chi connectivity index (χ1n) is 8.54. The predicted octanol–water partition coefficient (Wildman–Crippen LogP) is 1.94. The minimum absolute atomic E-state index is 0. The zero-order chi connectivity index (χ0) is 18.0. The molecule has 26 heavy (non-hydrogen) atoms. The molecule has 3 unspecified atom stereocenters. The number of likely N-dealkylation sites (tertiary alicyclic amines) is 1. The van der Waals surface area contributed by atoms with Gasteiger partial charge in [-0.1, -0.05) is 11.3 Å². The van der Waals surface area contributed by atoms with Gasteiger partial charge in [-0.15, -0.1) is 12.4 Å². The van der Waals surface area contributed by atoms with Gasteiger partial charge in [-0.05, 0) is 45.2 Å².